The molecule has 154 valence electrons. The monoisotopic (exact) mass is 437 g/mol. The number of Topliss-reactive ketones (excluding diaryl/α,β-unsaturated/α-hetero) is 2. The maximum Gasteiger partial charge on any atom is 0.228 e. The van der Waals surface area contributed by atoms with Crippen molar-refractivity contribution in [2.24, 2.45) is 0 Å². The van der Waals surface area contributed by atoms with Gasteiger partial charge in [-0.25, -0.2) is 0 Å². The Labute approximate surface area is 186 Å². The fourth-order valence-electron chi connectivity index (χ4n) is 3.96. The molecule has 1 aliphatic rings. The molecular formula is C26H15NO4S. The van der Waals surface area contributed by atoms with Crippen molar-refractivity contribution in [3.63, 3.8) is 0 Å². The topological polar surface area (TPSA) is 69.4 Å². The Hall–Kier alpha value is -4.03. The van der Waals surface area contributed by atoms with Crippen LogP contribution in [0, 0.1) is 0 Å². The summed E-state index contributed by atoms with van der Waals surface area (Å²) in [5.41, 5.74) is 2.56. The SMILES string of the molecule is COc1ccc(-c2nc3sc(C=C4C(=O)c5cc6ccccc6cc5C4=O)cc3o2)cc1. The van der Waals surface area contributed by atoms with Gasteiger partial charge in [-0.3, -0.25) is 9.59 Å². The zero-order valence-electron chi connectivity index (χ0n) is 16.9. The molecule has 0 radical (unpaired) electrons. The Balaban J connectivity index is 1.35. The smallest absolute Gasteiger partial charge is 0.228 e. The summed E-state index contributed by atoms with van der Waals surface area (Å²) in [5, 5.41) is 1.88. The first-order valence-corrected chi connectivity index (χ1v) is 10.8. The number of aromatic nitrogens is 1. The van der Waals surface area contributed by atoms with E-state index in [4.69, 9.17) is 9.15 Å². The molecule has 0 bridgehead atoms. The van der Waals surface area contributed by atoms with Gasteiger partial charge in [0, 0.05) is 27.6 Å². The molecule has 0 saturated heterocycles. The van der Waals surface area contributed by atoms with Gasteiger partial charge in [-0.05, 0) is 53.2 Å². The predicted octanol–water partition coefficient (Wildman–Crippen LogP) is 6.18. The number of ketones is 2. The number of oxazole rings is 1. The second kappa shape index (κ2) is 7.00. The summed E-state index contributed by atoms with van der Waals surface area (Å²) >= 11 is 1.38. The summed E-state index contributed by atoms with van der Waals surface area (Å²) in [4.78, 5) is 32.0. The van der Waals surface area contributed by atoms with E-state index in [0.29, 0.717) is 27.4 Å². The lowest BCUT2D eigenvalue weighted by molar-refractivity contribution is 0.0990. The van der Waals surface area contributed by atoms with Crippen molar-refractivity contribution >= 4 is 50.2 Å². The van der Waals surface area contributed by atoms with Crippen molar-refractivity contribution in [3.05, 3.63) is 88.3 Å². The van der Waals surface area contributed by atoms with E-state index in [1.54, 1.807) is 25.3 Å². The first kappa shape index (κ1) is 18.7. The molecule has 0 unspecified atom stereocenters. The molecule has 2 aromatic heterocycles. The van der Waals surface area contributed by atoms with Crippen LogP contribution in [0.3, 0.4) is 0 Å². The Morgan fingerprint density at radius 3 is 2.16 bits per heavy atom. The highest BCUT2D eigenvalue weighted by atomic mass is 32.1. The quantitative estimate of drug-likeness (QED) is 0.249. The molecule has 0 fully saturated rings. The number of thiophene rings is 1. The van der Waals surface area contributed by atoms with Crippen LogP contribution in [-0.2, 0) is 0 Å². The molecule has 5 nitrogen and oxygen atoms in total. The molecule has 0 amide bonds. The van der Waals surface area contributed by atoms with Crippen LogP contribution in [0.15, 0.2) is 76.7 Å². The van der Waals surface area contributed by atoms with E-state index in [1.807, 2.05) is 54.6 Å². The van der Waals surface area contributed by atoms with Gasteiger partial charge in [0.15, 0.2) is 22.0 Å². The predicted molar refractivity (Wildman–Crippen MR) is 124 cm³/mol. The number of hydrogen-bond donors (Lipinski definition) is 0. The van der Waals surface area contributed by atoms with Gasteiger partial charge in [0.2, 0.25) is 5.89 Å². The van der Waals surface area contributed by atoms with Crippen LogP contribution in [0.4, 0.5) is 0 Å². The van der Waals surface area contributed by atoms with Crippen LogP contribution in [-0.4, -0.2) is 23.7 Å². The number of hydrogen-bond acceptors (Lipinski definition) is 6. The van der Waals surface area contributed by atoms with Crippen molar-refractivity contribution in [3.8, 4) is 17.2 Å². The van der Waals surface area contributed by atoms with E-state index in [9.17, 15) is 9.59 Å². The number of benzene rings is 3. The summed E-state index contributed by atoms with van der Waals surface area (Å²) in [6, 6.07) is 20.6. The Bertz CT molecular complexity index is 1500. The molecule has 0 spiro atoms. The maximum absolute atomic E-state index is 13.0. The number of ether oxygens (including phenoxy) is 1. The van der Waals surface area contributed by atoms with Crippen LogP contribution in [0.25, 0.3) is 38.7 Å². The van der Waals surface area contributed by atoms with Gasteiger partial charge in [0.05, 0.1) is 12.7 Å². The minimum Gasteiger partial charge on any atom is -0.497 e. The first-order chi connectivity index (χ1) is 15.6. The molecule has 5 aromatic rings. The molecule has 3 aromatic carbocycles. The normalized spacial score (nSPS) is 13.2. The number of nitrogens with zero attached hydrogens (tertiary/aromatic N) is 1. The number of carbonyl (C=O) groups is 2. The van der Waals surface area contributed by atoms with Crippen molar-refractivity contribution in [2.45, 2.75) is 0 Å². The maximum atomic E-state index is 13.0. The highest BCUT2D eigenvalue weighted by Gasteiger charge is 2.33. The third kappa shape index (κ3) is 2.88. The summed E-state index contributed by atoms with van der Waals surface area (Å²) in [7, 11) is 1.62. The molecule has 1 aliphatic carbocycles. The third-order valence-electron chi connectivity index (χ3n) is 5.60. The van der Waals surface area contributed by atoms with Gasteiger partial charge in [0.25, 0.3) is 0 Å². The van der Waals surface area contributed by atoms with Crippen molar-refractivity contribution in [1.82, 2.24) is 4.98 Å². The van der Waals surface area contributed by atoms with E-state index in [1.165, 1.54) is 11.3 Å². The molecule has 0 aliphatic heterocycles. The zero-order valence-corrected chi connectivity index (χ0v) is 17.7. The van der Waals surface area contributed by atoms with Crippen LogP contribution in [0.2, 0.25) is 0 Å². The molecular weight excluding hydrogens is 422 g/mol. The van der Waals surface area contributed by atoms with Crippen LogP contribution in [0.1, 0.15) is 25.6 Å². The van der Waals surface area contributed by atoms with Gasteiger partial charge in [-0.1, -0.05) is 24.3 Å². The molecule has 0 saturated carbocycles. The summed E-state index contributed by atoms with van der Waals surface area (Å²) in [5.74, 6) is 0.788. The Kier molecular flexibility index (Phi) is 4.10. The number of carbonyl (C=O) groups excluding carboxylic acids is 2. The molecule has 0 atom stereocenters. The van der Waals surface area contributed by atoms with Gasteiger partial charge >= 0.3 is 0 Å². The second-order valence-corrected chi connectivity index (χ2v) is 8.59. The lowest BCUT2D eigenvalue weighted by Gasteiger charge is -2.00. The highest BCUT2D eigenvalue weighted by Crippen LogP contribution is 2.35. The zero-order chi connectivity index (χ0) is 21.8. The lowest BCUT2D eigenvalue weighted by Crippen LogP contribution is -1.99. The fourth-order valence-corrected chi connectivity index (χ4v) is 4.86. The van der Waals surface area contributed by atoms with Crippen LogP contribution >= 0.6 is 11.3 Å². The molecule has 0 N–H and O–H groups in total. The number of rotatable bonds is 3. The number of allylic oxidation sites excluding steroid dienone is 1. The standard InChI is InChI=1S/C26H15NO4S/c1-30-17-8-6-14(7-9-17)25-27-26-22(31-25)13-18(32-26)12-21-23(28)19-10-15-4-2-3-5-16(15)11-20(19)24(21)29/h2-13H,1H3. The average molecular weight is 437 g/mol. The fraction of sp³-hybridized carbons (Fsp3) is 0.0385. The molecule has 32 heavy (non-hydrogen) atoms. The van der Waals surface area contributed by atoms with E-state index in [0.717, 1.165) is 27.0 Å². The number of fused-ring (bicyclic) bond motifs is 3. The van der Waals surface area contributed by atoms with Crippen LogP contribution in [0.5, 0.6) is 5.75 Å². The van der Waals surface area contributed by atoms with Crippen molar-refractivity contribution < 1.29 is 18.7 Å². The van der Waals surface area contributed by atoms with E-state index < -0.39 is 0 Å². The van der Waals surface area contributed by atoms with Gasteiger partial charge in [-0.2, -0.15) is 4.98 Å². The average Bonchev–Trinajstić information content (AvgIpc) is 3.45. The van der Waals surface area contributed by atoms with Crippen molar-refractivity contribution in [1.29, 1.82) is 0 Å². The second-order valence-electron chi connectivity index (χ2n) is 7.53. The molecule has 2 heterocycles. The summed E-state index contributed by atoms with van der Waals surface area (Å²) in [6.07, 6.45) is 1.64. The third-order valence-corrected chi connectivity index (χ3v) is 6.55. The van der Waals surface area contributed by atoms with Gasteiger partial charge in [0.1, 0.15) is 5.75 Å². The molecule has 6 heteroatoms. The highest BCUT2D eigenvalue weighted by molar-refractivity contribution is 7.19. The minimum atomic E-state index is -0.243. The summed E-state index contributed by atoms with van der Waals surface area (Å²) < 4.78 is 11.1. The van der Waals surface area contributed by atoms with Gasteiger partial charge < -0.3 is 9.15 Å². The van der Waals surface area contributed by atoms with Crippen LogP contribution < -0.4 is 4.74 Å². The van der Waals surface area contributed by atoms with E-state index >= 15 is 0 Å². The number of methoxy groups -OCH3 is 1. The van der Waals surface area contributed by atoms with E-state index in [-0.39, 0.29) is 17.1 Å². The lowest BCUT2D eigenvalue weighted by atomic mass is 10.0. The molecule has 6 rings (SSSR count). The van der Waals surface area contributed by atoms with Gasteiger partial charge in [-0.15, -0.1) is 11.3 Å². The largest absolute Gasteiger partial charge is 0.497 e. The summed E-state index contributed by atoms with van der Waals surface area (Å²) in [6.45, 7) is 0. The Morgan fingerprint density at radius 1 is 0.906 bits per heavy atom. The van der Waals surface area contributed by atoms with E-state index in [2.05, 4.69) is 4.98 Å². The Morgan fingerprint density at radius 2 is 1.56 bits per heavy atom. The van der Waals surface area contributed by atoms with Crippen molar-refractivity contribution in [2.75, 3.05) is 7.11 Å². The first-order valence-electron chi connectivity index (χ1n) is 9.99. The minimum absolute atomic E-state index is 0.176.